The summed E-state index contributed by atoms with van der Waals surface area (Å²) in [5, 5.41) is 0.390. The van der Waals surface area contributed by atoms with Crippen LogP contribution in [0.4, 0.5) is 4.39 Å². The van der Waals surface area contributed by atoms with Crippen molar-refractivity contribution in [1.82, 2.24) is 0 Å². The Morgan fingerprint density at radius 2 is 2.19 bits per heavy atom. The predicted octanol–water partition coefficient (Wildman–Crippen LogP) is 4.86. The van der Waals surface area contributed by atoms with Gasteiger partial charge in [-0.1, -0.05) is 33.6 Å². The number of benzene rings is 1. The normalized spacial score (nSPS) is 12.8. The molecule has 1 aromatic carbocycles. The zero-order valence-electron chi connectivity index (χ0n) is 8.51. The van der Waals surface area contributed by atoms with Gasteiger partial charge in [0, 0.05) is 5.02 Å². The first-order valence-corrected chi connectivity index (χ1v) is 6.02. The van der Waals surface area contributed by atoms with E-state index in [-0.39, 0.29) is 10.6 Å². The van der Waals surface area contributed by atoms with Crippen LogP contribution < -0.4 is 0 Å². The summed E-state index contributed by atoms with van der Waals surface area (Å²) in [5.41, 5.74) is 1.37. The van der Waals surface area contributed by atoms with Gasteiger partial charge in [-0.2, -0.15) is 0 Å². The molecule has 2 aromatic rings. The summed E-state index contributed by atoms with van der Waals surface area (Å²) in [7, 11) is 0. The van der Waals surface area contributed by atoms with Gasteiger partial charge in [-0.05, 0) is 36.2 Å². The third-order valence-electron chi connectivity index (χ3n) is 2.34. The van der Waals surface area contributed by atoms with Gasteiger partial charge in [0.05, 0.1) is 11.1 Å². The fourth-order valence-corrected chi connectivity index (χ4v) is 2.49. The first-order valence-electron chi connectivity index (χ1n) is 4.72. The minimum absolute atomic E-state index is 0.158. The van der Waals surface area contributed by atoms with Crippen LogP contribution in [-0.2, 0) is 0 Å². The monoisotopic (exact) mass is 302 g/mol. The molecule has 0 fully saturated rings. The number of aryl methyl sites for hydroxylation is 1. The highest BCUT2D eigenvalue weighted by atomic mass is 79.9. The van der Waals surface area contributed by atoms with E-state index in [0.717, 1.165) is 11.3 Å². The lowest BCUT2D eigenvalue weighted by atomic mass is 10.1. The molecule has 0 spiro atoms. The molecule has 1 aromatic heterocycles. The minimum Gasteiger partial charge on any atom is -0.468 e. The van der Waals surface area contributed by atoms with Gasteiger partial charge in [0.2, 0.25) is 0 Å². The average molecular weight is 304 g/mol. The van der Waals surface area contributed by atoms with Gasteiger partial charge in [0.1, 0.15) is 11.6 Å². The SMILES string of the molecule is Cc1cc(C(Br)c2ccco2)c(Cl)cc1F. The third kappa shape index (κ3) is 2.15. The number of hydrogen-bond acceptors (Lipinski definition) is 1. The predicted molar refractivity (Wildman–Crippen MR) is 65.6 cm³/mol. The van der Waals surface area contributed by atoms with E-state index in [1.54, 1.807) is 25.3 Å². The van der Waals surface area contributed by atoms with Gasteiger partial charge < -0.3 is 4.42 Å². The summed E-state index contributed by atoms with van der Waals surface area (Å²) >= 11 is 9.48. The maximum absolute atomic E-state index is 13.2. The van der Waals surface area contributed by atoms with Crippen molar-refractivity contribution in [1.29, 1.82) is 0 Å². The fourth-order valence-electron chi connectivity index (χ4n) is 1.46. The maximum Gasteiger partial charge on any atom is 0.127 e. The molecule has 1 heterocycles. The highest BCUT2D eigenvalue weighted by molar-refractivity contribution is 9.09. The summed E-state index contributed by atoms with van der Waals surface area (Å²) in [5.74, 6) is 0.445. The Kier molecular flexibility index (Phi) is 3.36. The second-order valence-electron chi connectivity index (χ2n) is 3.50. The van der Waals surface area contributed by atoms with Crippen molar-refractivity contribution in [3.05, 3.63) is 58.3 Å². The molecule has 84 valence electrons. The highest BCUT2D eigenvalue weighted by Crippen LogP contribution is 2.36. The standard InChI is InChI=1S/C12H9BrClFO/c1-7-5-8(9(14)6-10(7)15)12(13)11-3-2-4-16-11/h2-6,12H,1H3. The molecule has 0 bridgehead atoms. The molecule has 4 heteroatoms. The summed E-state index contributed by atoms with van der Waals surface area (Å²) in [6.07, 6.45) is 1.59. The van der Waals surface area contributed by atoms with Crippen LogP contribution in [0.3, 0.4) is 0 Å². The second-order valence-corrected chi connectivity index (χ2v) is 4.82. The highest BCUT2D eigenvalue weighted by Gasteiger charge is 2.17. The van der Waals surface area contributed by atoms with Crippen LogP contribution in [0.5, 0.6) is 0 Å². The van der Waals surface area contributed by atoms with Gasteiger partial charge in [0.15, 0.2) is 0 Å². The molecular weight excluding hydrogens is 294 g/mol. The number of rotatable bonds is 2. The average Bonchev–Trinajstić information content (AvgIpc) is 2.75. The van der Waals surface area contributed by atoms with E-state index in [1.165, 1.54) is 6.07 Å². The van der Waals surface area contributed by atoms with Crippen molar-refractivity contribution in [3.63, 3.8) is 0 Å². The van der Waals surface area contributed by atoms with Gasteiger partial charge >= 0.3 is 0 Å². The molecular formula is C12H9BrClFO. The summed E-state index contributed by atoms with van der Waals surface area (Å²) in [4.78, 5) is -0.158. The summed E-state index contributed by atoms with van der Waals surface area (Å²) < 4.78 is 18.5. The van der Waals surface area contributed by atoms with Crippen LogP contribution in [-0.4, -0.2) is 0 Å². The van der Waals surface area contributed by atoms with Crippen LogP contribution in [0.2, 0.25) is 5.02 Å². The van der Waals surface area contributed by atoms with Gasteiger partial charge in [-0.15, -0.1) is 0 Å². The van der Waals surface area contributed by atoms with Crippen molar-refractivity contribution in [2.45, 2.75) is 11.8 Å². The molecule has 16 heavy (non-hydrogen) atoms. The lowest BCUT2D eigenvalue weighted by Crippen LogP contribution is -1.95. The first kappa shape index (κ1) is 11.7. The molecule has 1 atom stereocenters. The molecule has 0 aliphatic carbocycles. The lowest BCUT2D eigenvalue weighted by Gasteiger charge is -2.11. The van der Waals surface area contributed by atoms with Crippen LogP contribution >= 0.6 is 27.5 Å². The molecule has 0 aliphatic rings. The Balaban J connectivity index is 2.44. The minimum atomic E-state index is -0.298. The Morgan fingerprint density at radius 3 is 2.81 bits per heavy atom. The number of alkyl halides is 1. The van der Waals surface area contributed by atoms with E-state index in [1.807, 2.05) is 6.07 Å². The van der Waals surface area contributed by atoms with Crippen LogP contribution in [0.15, 0.2) is 34.9 Å². The van der Waals surface area contributed by atoms with Crippen molar-refractivity contribution in [2.75, 3.05) is 0 Å². The quantitative estimate of drug-likeness (QED) is 0.722. The van der Waals surface area contributed by atoms with Crippen molar-refractivity contribution >= 4 is 27.5 Å². The smallest absolute Gasteiger partial charge is 0.127 e. The van der Waals surface area contributed by atoms with Crippen LogP contribution in [0.25, 0.3) is 0 Å². The van der Waals surface area contributed by atoms with Crippen molar-refractivity contribution in [2.24, 2.45) is 0 Å². The number of halogens is 3. The molecule has 0 saturated heterocycles. The lowest BCUT2D eigenvalue weighted by molar-refractivity contribution is 0.519. The number of furan rings is 1. The largest absolute Gasteiger partial charge is 0.468 e. The van der Waals surface area contributed by atoms with E-state index >= 15 is 0 Å². The summed E-state index contributed by atoms with van der Waals surface area (Å²) in [6.45, 7) is 1.71. The molecule has 0 radical (unpaired) electrons. The topological polar surface area (TPSA) is 13.1 Å². The van der Waals surface area contributed by atoms with E-state index < -0.39 is 0 Å². The van der Waals surface area contributed by atoms with E-state index in [2.05, 4.69) is 15.9 Å². The van der Waals surface area contributed by atoms with E-state index in [9.17, 15) is 4.39 Å². The maximum atomic E-state index is 13.2. The van der Waals surface area contributed by atoms with Crippen molar-refractivity contribution in [3.8, 4) is 0 Å². The molecule has 0 saturated carbocycles. The molecule has 0 aliphatic heterocycles. The molecule has 1 unspecified atom stereocenters. The van der Waals surface area contributed by atoms with Gasteiger partial charge in [-0.3, -0.25) is 0 Å². The Hall–Kier alpha value is -0.800. The van der Waals surface area contributed by atoms with E-state index in [4.69, 9.17) is 16.0 Å². The van der Waals surface area contributed by atoms with Crippen molar-refractivity contribution < 1.29 is 8.81 Å². The second kappa shape index (κ2) is 4.60. The van der Waals surface area contributed by atoms with Gasteiger partial charge in [-0.25, -0.2) is 4.39 Å². The summed E-state index contributed by atoms with van der Waals surface area (Å²) in [6, 6.07) is 6.69. The molecule has 2 rings (SSSR count). The fraction of sp³-hybridized carbons (Fsp3) is 0.167. The Bertz CT molecular complexity index is 496. The van der Waals surface area contributed by atoms with E-state index in [0.29, 0.717) is 10.6 Å². The van der Waals surface area contributed by atoms with Gasteiger partial charge in [0.25, 0.3) is 0 Å². The molecule has 1 nitrogen and oxygen atoms in total. The zero-order valence-corrected chi connectivity index (χ0v) is 10.8. The third-order valence-corrected chi connectivity index (χ3v) is 3.62. The zero-order chi connectivity index (χ0) is 11.7. The Morgan fingerprint density at radius 1 is 1.44 bits per heavy atom. The van der Waals surface area contributed by atoms with Crippen LogP contribution in [0, 0.1) is 12.7 Å². The number of hydrogen-bond donors (Lipinski definition) is 0. The molecule has 0 N–H and O–H groups in total. The molecule has 0 amide bonds. The van der Waals surface area contributed by atoms with Crippen LogP contribution in [0.1, 0.15) is 21.7 Å². The first-order chi connectivity index (χ1) is 7.59. The Labute approximate surface area is 106 Å².